The highest BCUT2D eigenvalue weighted by Gasteiger charge is 2.24. The Morgan fingerprint density at radius 2 is 1.78 bits per heavy atom. The van der Waals surface area contributed by atoms with Gasteiger partial charge in [-0.3, -0.25) is 4.90 Å². The number of nitrogens with zero attached hydrogens (tertiary/aromatic N) is 1. The van der Waals surface area contributed by atoms with Crippen LogP contribution in [0, 0.1) is 13.8 Å². The van der Waals surface area contributed by atoms with Crippen LogP contribution in [0.25, 0.3) is 0 Å². The van der Waals surface area contributed by atoms with Gasteiger partial charge in [-0.05, 0) is 30.5 Å². The molecule has 0 saturated carbocycles. The number of benzene rings is 1. The van der Waals surface area contributed by atoms with Crippen LogP contribution in [0.4, 0.5) is 4.39 Å². The molecule has 1 fully saturated rings. The first-order valence-electron chi connectivity index (χ1n) is 6.31. The molecular formula is C14H22ClFN2. The Labute approximate surface area is 115 Å². The first-order valence-corrected chi connectivity index (χ1v) is 6.31. The monoisotopic (exact) mass is 272 g/mol. The van der Waals surface area contributed by atoms with E-state index in [1.54, 1.807) is 0 Å². The van der Waals surface area contributed by atoms with E-state index in [-0.39, 0.29) is 25.1 Å². The van der Waals surface area contributed by atoms with Crippen LogP contribution in [0.15, 0.2) is 18.2 Å². The maximum atomic E-state index is 13.4. The molecule has 18 heavy (non-hydrogen) atoms. The number of halogens is 2. The lowest BCUT2D eigenvalue weighted by Crippen LogP contribution is -2.46. The molecule has 0 aromatic heterocycles. The lowest BCUT2D eigenvalue weighted by atomic mass is 9.95. The molecule has 1 aromatic carbocycles. The van der Waals surface area contributed by atoms with E-state index in [2.05, 4.69) is 36.2 Å². The second kappa shape index (κ2) is 7.07. The van der Waals surface area contributed by atoms with Crippen LogP contribution in [0.2, 0.25) is 0 Å². The van der Waals surface area contributed by atoms with Gasteiger partial charge in [0.1, 0.15) is 6.67 Å². The van der Waals surface area contributed by atoms with Crippen molar-refractivity contribution in [2.45, 2.75) is 19.9 Å². The van der Waals surface area contributed by atoms with Crippen LogP contribution in [-0.4, -0.2) is 37.8 Å². The maximum absolute atomic E-state index is 13.4. The molecule has 1 N–H and O–H groups in total. The molecule has 0 aliphatic carbocycles. The summed E-state index contributed by atoms with van der Waals surface area (Å²) in [5, 5.41) is 3.31. The summed E-state index contributed by atoms with van der Waals surface area (Å²) in [4.78, 5) is 2.26. The van der Waals surface area contributed by atoms with Crippen LogP contribution in [0.5, 0.6) is 0 Å². The quantitative estimate of drug-likeness (QED) is 0.910. The van der Waals surface area contributed by atoms with Crippen molar-refractivity contribution in [2.75, 3.05) is 32.9 Å². The largest absolute Gasteiger partial charge is 0.314 e. The van der Waals surface area contributed by atoms with Gasteiger partial charge in [0, 0.05) is 26.2 Å². The average Bonchev–Trinajstić information content (AvgIpc) is 2.35. The molecule has 2 nitrogen and oxygen atoms in total. The van der Waals surface area contributed by atoms with E-state index in [0.717, 1.165) is 26.2 Å². The molecular weight excluding hydrogens is 251 g/mol. The minimum Gasteiger partial charge on any atom is -0.314 e. The molecule has 1 aliphatic rings. The number of alkyl halides is 1. The molecule has 0 radical (unpaired) electrons. The van der Waals surface area contributed by atoms with Gasteiger partial charge < -0.3 is 5.32 Å². The maximum Gasteiger partial charge on any atom is 0.109 e. The third kappa shape index (κ3) is 3.22. The second-order valence-electron chi connectivity index (χ2n) is 4.76. The first kappa shape index (κ1) is 15.4. The minimum atomic E-state index is -0.300. The van der Waals surface area contributed by atoms with Crippen LogP contribution in [0.3, 0.4) is 0 Å². The predicted octanol–water partition coefficient (Wildman–Crippen LogP) is 2.64. The van der Waals surface area contributed by atoms with Gasteiger partial charge in [-0.15, -0.1) is 12.4 Å². The van der Waals surface area contributed by atoms with Gasteiger partial charge in [0.15, 0.2) is 0 Å². The van der Waals surface area contributed by atoms with Crippen molar-refractivity contribution < 1.29 is 4.39 Å². The van der Waals surface area contributed by atoms with Gasteiger partial charge >= 0.3 is 0 Å². The molecule has 2 rings (SSSR count). The third-order valence-electron chi connectivity index (χ3n) is 3.61. The van der Waals surface area contributed by atoms with E-state index >= 15 is 0 Å². The molecule has 1 aliphatic heterocycles. The zero-order valence-corrected chi connectivity index (χ0v) is 11.9. The van der Waals surface area contributed by atoms with Crippen molar-refractivity contribution in [1.29, 1.82) is 0 Å². The SMILES string of the molecule is Cc1cccc(C)c1[C@H](CF)N1CCNCC1.Cl. The Morgan fingerprint density at radius 3 is 2.28 bits per heavy atom. The Morgan fingerprint density at radius 1 is 1.22 bits per heavy atom. The standard InChI is InChI=1S/C14H21FN2.ClH/c1-11-4-3-5-12(2)14(11)13(10-15)17-8-6-16-7-9-17;/h3-5,13,16H,6-10H2,1-2H3;1H/t13-;/m0./s1. The van der Waals surface area contributed by atoms with Crippen molar-refractivity contribution in [2.24, 2.45) is 0 Å². The van der Waals surface area contributed by atoms with Crippen molar-refractivity contribution in [3.63, 3.8) is 0 Å². The molecule has 102 valence electrons. The Kier molecular flexibility index (Phi) is 6.06. The zero-order chi connectivity index (χ0) is 12.3. The lowest BCUT2D eigenvalue weighted by molar-refractivity contribution is 0.146. The van der Waals surface area contributed by atoms with Gasteiger partial charge in [0.05, 0.1) is 6.04 Å². The van der Waals surface area contributed by atoms with E-state index < -0.39 is 0 Å². The molecule has 0 spiro atoms. The fraction of sp³-hybridized carbons (Fsp3) is 0.571. The van der Waals surface area contributed by atoms with Crippen LogP contribution in [-0.2, 0) is 0 Å². The number of aryl methyl sites for hydroxylation is 2. The molecule has 1 atom stereocenters. The van der Waals surface area contributed by atoms with Crippen molar-refractivity contribution in [3.05, 3.63) is 34.9 Å². The Hall–Kier alpha value is -0.640. The highest BCUT2D eigenvalue weighted by atomic mass is 35.5. The number of rotatable bonds is 3. The second-order valence-corrected chi connectivity index (χ2v) is 4.76. The summed E-state index contributed by atoms with van der Waals surface area (Å²) in [5.74, 6) is 0. The molecule has 0 unspecified atom stereocenters. The average molecular weight is 273 g/mol. The Balaban J connectivity index is 0.00000162. The van der Waals surface area contributed by atoms with Crippen molar-refractivity contribution >= 4 is 12.4 Å². The van der Waals surface area contributed by atoms with E-state index in [0.29, 0.717) is 0 Å². The highest BCUT2D eigenvalue weighted by molar-refractivity contribution is 5.85. The summed E-state index contributed by atoms with van der Waals surface area (Å²) in [6.07, 6.45) is 0. The summed E-state index contributed by atoms with van der Waals surface area (Å²) >= 11 is 0. The lowest BCUT2D eigenvalue weighted by Gasteiger charge is -2.35. The third-order valence-corrected chi connectivity index (χ3v) is 3.61. The topological polar surface area (TPSA) is 15.3 Å². The molecule has 4 heteroatoms. The summed E-state index contributed by atoms with van der Waals surface area (Å²) < 4.78 is 13.4. The molecule has 0 amide bonds. The number of hydrogen-bond acceptors (Lipinski definition) is 2. The van der Waals surface area contributed by atoms with Crippen LogP contribution < -0.4 is 5.32 Å². The Bertz CT molecular complexity index is 358. The zero-order valence-electron chi connectivity index (χ0n) is 11.1. The fourth-order valence-corrected chi connectivity index (χ4v) is 2.70. The van der Waals surface area contributed by atoms with Gasteiger partial charge in [-0.1, -0.05) is 18.2 Å². The van der Waals surface area contributed by atoms with E-state index in [4.69, 9.17) is 0 Å². The molecule has 1 saturated heterocycles. The number of piperazine rings is 1. The fourth-order valence-electron chi connectivity index (χ4n) is 2.70. The summed E-state index contributed by atoms with van der Waals surface area (Å²) in [7, 11) is 0. The van der Waals surface area contributed by atoms with Gasteiger partial charge in [-0.25, -0.2) is 4.39 Å². The van der Waals surface area contributed by atoms with Gasteiger partial charge in [0.2, 0.25) is 0 Å². The highest BCUT2D eigenvalue weighted by Crippen LogP contribution is 2.27. The predicted molar refractivity (Wildman–Crippen MR) is 76.3 cm³/mol. The van der Waals surface area contributed by atoms with Crippen molar-refractivity contribution in [3.8, 4) is 0 Å². The van der Waals surface area contributed by atoms with E-state index in [9.17, 15) is 4.39 Å². The van der Waals surface area contributed by atoms with Gasteiger partial charge in [0.25, 0.3) is 0 Å². The number of hydrogen-bond donors (Lipinski definition) is 1. The summed E-state index contributed by atoms with van der Waals surface area (Å²) in [6, 6.07) is 6.13. The van der Waals surface area contributed by atoms with Crippen molar-refractivity contribution in [1.82, 2.24) is 10.2 Å². The normalized spacial score (nSPS) is 18.2. The first-order chi connectivity index (χ1) is 8.24. The van der Waals surface area contributed by atoms with E-state index in [1.165, 1.54) is 16.7 Å². The number of nitrogens with one attached hydrogen (secondary N) is 1. The summed E-state index contributed by atoms with van der Waals surface area (Å²) in [6.45, 7) is 7.64. The van der Waals surface area contributed by atoms with Crippen LogP contribution >= 0.6 is 12.4 Å². The molecule has 0 bridgehead atoms. The minimum absolute atomic E-state index is 0. The summed E-state index contributed by atoms with van der Waals surface area (Å²) in [5.41, 5.74) is 3.58. The van der Waals surface area contributed by atoms with Gasteiger partial charge in [-0.2, -0.15) is 0 Å². The van der Waals surface area contributed by atoms with Crippen LogP contribution in [0.1, 0.15) is 22.7 Å². The van der Waals surface area contributed by atoms with E-state index in [1.807, 2.05) is 6.07 Å². The molecule has 1 heterocycles. The smallest absolute Gasteiger partial charge is 0.109 e. The molecule has 1 aromatic rings.